The lowest BCUT2D eigenvalue weighted by Gasteiger charge is -2.07. The summed E-state index contributed by atoms with van der Waals surface area (Å²) in [5.74, 6) is 0. The quantitative estimate of drug-likeness (QED) is 0.882. The first-order chi connectivity index (χ1) is 6.77. The Balaban J connectivity index is 2.81. The zero-order chi connectivity index (χ0) is 10.1. The molecular formula is C11H11BrOS. The molecule has 0 aliphatic carbocycles. The van der Waals surface area contributed by atoms with Gasteiger partial charge in [-0.05, 0) is 40.4 Å². The normalized spacial score (nSPS) is 11.1. The molecule has 2 rings (SSSR count). The number of aliphatic hydroxyl groups is 1. The fourth-order valence-electron chi connectivity index (χ4n) is 1.71. The summed E-state index contributed by atoms with van der Waals surface area (Å²) in [6.45, 7) is 2.26. The lowest BCUT2D eigenvalue weighted by atomic mass is 10.1. The number of hydrogen-bond acceptors (Lipinski definition) is 2. The van der Waals surface area contributed by atoms with Crippen LogP contribution in [0.4, 0.5) is 0 Å². The molecule has 0 aliphatic heterocycles. The van der Waals surface area contributed by atoms with Gasteiger partial charge in [0.2, 0.25) is 0 Å². The van der Waals surface area contributed by atoms with Crippen LogP contribution in [0.3, 0.4) is 0 Å². The third kappa shape index (κ3) is 1.49. The second-order valence-electron chi connectivity index (χ2n) is 3.17. The van der Waals surface area contributed by atoms with Crippen LogP contribution in [-0.4, -0.2) is 5.11 Å². The molecule has 0 amide bonds. The van der Waals surface area contributed by atoms with E-state index in [2.05, 4.69) is 34.3 Å². The number of aryl methyl sites for hydroxylation is 1. The van der Waals surface area contributed by atoms with E-state index in [4.69, 9.17) is 0 Å². The summed E-state index contributed by atoms with van der Waals surface area (Å²) in [5, 5.41) is 12.6. The number of halogens is 1. The van der Waals surface area contributed by atoms with Crippen molar-refractivity contribution in [3.05, 3.63) is 33.1 Å². The topological polar surface area (TPSA) is 20.2 Å². The highest BCUT2D eigenvalue weighted by Crippen LogP contribution is 2.33. The Morgan fingerprint density at radius 2 is 2.29 bits per heavy atom. The van der Waals surface area contributed by atoms with Crippen LogP contribution in [0.15, 0.2) is 22.0 Å². The van der Waals surface area contributed by atoms with Gasteiger partial charge < -0.3 is 5.11 Å². The first kappa shape index (κ1) is 10.1. The van der Waals surface area contributed by atoms with Gasteiger partial charge in [-0.15, -0.1) is 11.3 Å². The monoisotopic (exact) mass is 270 g/mol. The number of fused-ring (bicyclic) bond motifs is 1. The minimum absolute atomic E-state index is 0.111. The Kier molecular flexibility index (Phi) is 2.91. The fraction of sp³-hybridized carbons (Fsp3) is 0.273. The number of hydrogen-bond donors (Lipinski definition) is 1. The van der Waals surface area contributed by atoms with Gasteiger partial charge in [-0.3, -0.25) is 0 Å². The smallest absolute Gasteiger partial charge is 0.0696 e. The van der Waals surface area contributed by atoms with Crippen molar-refractivity contribution in [1.82, 2.24) is 0 Å². The number of benzene rings is 1. The van der Waals surface area contributed by atoms with Gasteiger partial charge in [-0.1, -0.05) is 22.9 Å². The van der Waals surface area contributed by atoms with Gasteiger partial charge in [0.15, 0.2) is 0 Å². The van der Waals surface area contributed by atoms with Crippen molar-refractivity contribution in [2.75, 3.05) is 0 Å². The molecule has 0 radical (unpaired) electrons. The van der Waals surface area contributed by atoms with Gasteiger partial charge in [0.05, 0.1) is 6.61 Å². The van der Waals surface area contributed by atoms with E-state index in [1.807, 2.05) is 6.07 Å². The average molecular weight is 271 g/mol. The fourth-order valence-corrected chi connectivity index (χ4v) is 3.41. The molecule has 0 aliphatic rings. The average Bonchev–Trinajstić information content (AvgIpc) is 2.65. The maximum atomic E-state index is 9.23. The third-order valence-corrected chi connectivity index (χ3v) is 4.09. The molecule has 14 heavy (non-hydrogen) atoms. The number of rotatable bonds is 2. The Labute approximate surface area is 95.5 Å². The van der Waals surface area contributed by atoms with Crippen LogP contribution in [-0.2, 0) is 13.0 Å². The first-order valence-corrected chi connectivity index (χ1v) is 6.23. The second kappa shape index (κ2) is 4.01. The summed E-state index contributed by atoms with van der Waals surface area (Å²) in [6.07, 6.45) is 1.01. The van der Waals surface area contributed by atoms with Crippen molar-refractivity contribution in [1.29, 1.82) is 0 Å². The Morgan fingerprint density at radius 3 is 2.93 bits per heavy atom. The molecule has 0 unspecified atom stereocenters. The molecule has 1 aromatic heterocycles. The van der Waals surface area contributed by atoms with Crippen molar-refractivity contribution >= 4 is 37.4 Å². The van der Waals surface area contributed by atoms with E-state index in [-0.39, 0.29) is 6.61 Å². The van der Waals surface area contributed by atoms with Crippen LogP contribution in [0.2, 0.25) is 0 Å². The molecule has 1 N–H and O–H groups in total. The molecule has 0 fully saturated rings. The van der Waals surface area contributed by atoms with Gasteiger partial charge in [-0.25, -0.2) is 0 Å². The Hall–Kier alpha value is -0.380. The maximum absolute atomic E-state index is 9.23. The predicted octanol–water partition coefficient (Wildman–Crippen LogP) is 3.72. The summed E-state index contributed by atoms with van der Waals surface area (Å²) in [4.78, 5) is 0. The van der Waals surface area contributed by atoms with E-state index in [1.54, 1.807) is 11.3 Å². The van der Waals surface area contributed by atoms with Gasteiger partial charge in [-0.2, -0.15) is 0 Å². The minimum atomic E-state index is 0.111. The van der Waals surface area contributed by atoms with E-state index in [0.717, 1.165) is 16.5 Å². The van der Waals surface area contributed by atoms with Crippen molar-refractivity contribution < 1.29 is 5.11 Å². The van der Waals surface area contributed by atoms with E-state index >= 15 is 0 Å². The second-order valence-corrected chi connectivity index (χ2v) is 4.94. The van der Waals surface area contributed by atoms with Crippen molar-refractivity contribution in [2.24, 2.45) is 0 Å². The summed E-state index contributed by atoms with van der Waals surface area (Å²) in [5.41, 5.74) is 2.34. The number of thiophene rings is 1. The maximum Gasteiger partial charge on any atom is 0.0696 e. The summed E-state index contributed by atoms with van der Waals surface area (Å²) in [7, 11) is 0. The molecule has 74 valence electrons. The van der Waals surface area contributed by atoms with Gasteiger partial charge in [0, 0.05) is 9.17 Å². The van der Waals surface area contributed by atoms with Crippen LogP contribution >= 0.6 is 27.3 Å². The summed E-state index contributed by atoms with van der Waals surface area (Å²) >= 11 is 5.24. The lowest BCUT2D eigenvalue weighted by Crippen LogP contribution is -1.89. The van der Waals surface area contributed by atoms with E-state index in [1.165, 1.54) is 15.6 Å². The van der Waals surface area contributed by atoms with Gasteiger partial charge >= 0.3 is 0 Å². The van der Waals surface area contributed by atoms with E-state index < -0.39 is 0 Å². The van der Waals surface area contributed by atoms with Gasteiger partial charge in [0.1, 0.15) is 0 Å². The summed E-state index contributed by atoms with van der Waals surface area (Å²) < 4.78 is 2.32. The van der Waals surface area contributed by atoms with Crippen LogP contribution in [0.25, 0.3) is 10.1 Å². The van der Waals surface area contributed by atoms with Gasteiger partial charge in [0.25, 0.3) is 0 Å². The SMILES string of the molecule is CCc1c(Br)cc(CO)c2sccc12. The Bertz CT molecular complexity index is 462. The summed E-state index contributed by atoms with van der Waals surface area (Å²) in [6, 6.07) is 4.15. The molecule has 3 heteroatoms. The number of aliphatic hydroxyl groups excluding tert-OH is 1. The Morgan fingerprint density at radius 1 is 1.50 bits per heavy atom. The molecular weight excluding hydrogens is 260 g/mol. The highest BCUT2D eigenvalue weighted by molar-refractivity contribution is 9.10. The first-order valence-electron chi connectivity index (χ1n) is 4.56. The highest BCUT2D eigenvalue weighted by Gasteiger charge is 2.09. The van der Waals surface area contributed by atoms with Crippen molar-refractivity contribution in [3.8, 4) is 0 Å². The third-order valence-electron chi connectivity index (χ3n) is 2.40. The van der Waals surface area contributed by atoms with Crippen LogP contribution in [0.1, 0.15) is 18.1 Å². The molecule has 0 saturated heterocycles. The molecule has 1 heterocycles. The molecule has 1 aromatic carbocycles. The molecule has 0 atom stereocenters. The molecule has 0 bridgehead atoms. The molecule has 2 aromatic rings. The molecule has 1 nitrogen and oxygen atoms in total. The van der Waals surface area contributed by atoms with Crippen LogP contribution in [0, 0.1) is 0 Å². The van der Waals surface area contributed by atoms with E-state index in [9.17, 15) is 5.11 Å². The van der Waals surface area contributed by atoms with Crippen molar-refractivity contribution in [3.63, 3.8) is 0 Å². The zero-order valence-corrected chi connectivity index (χ0v) is 10.3. The van der Waals surface area contributed by atoms with Crippen LogP contribution < -0.4 is 0 Å². The standard InChI is InChI=1S/C11H11BrOS/c1-2-8-9-3-4-14-11(9)7(6-13)5-10(8)12/h3-5,13H,2,6H2,1H3. The molecule has 0 saturated carbocycles. The largest absolute Gasteiger partial charge is 0.392 e. The van der Waals surface area contributed by atoms with Crippen molar-refractivity contribution in [2.45, 2.75) is 20.0 Å². The molecule has 0 spiro atoms. The predicted molar refractivity (Wildman–Crippen MR) is 64.8 cm³/mol. The lowest BCUT2D eigenvalue weighted by molar-refractivity contribution is 0.283. The minimum Gasteiger partial charge on any atom is -0.392 e. The van der Waals surface area contributed by atoms with Crippen LogP contribution in [0.5, 0.6) is 0 Å². The highest BCUT2D eigenvalue weighted by atomic mass is 79.9. The van der Waals surface area contributed by atoms with E-state index in [0.29, 0.717) is 0 Å². The zero-order valence-electron chi connectivity index (χ0n) is 7.88.